The minimum Gasteiger partial charge on any atom is -0.480 e. The van der Waals surface area contributed by atoms with Crippen LogP contribution >= 0.6 is 0 Å². The summed E-state index contributed by atoms with van der Waals surface area (Å²) in [4.78, 5) is 26.9. The molecular formula is C15H15LiN2O3. The van der Waals surface area contributed by atoms with Crippen LogP contribution in [0, 0.1) is 5.92 Å². The molecule has 0 aliphatic heterocycles. The van der Waals surface area contributed by atoms with Gasteiger partial charge in [0.2, 0.25) is 0 Å². The molecule has 2 N–H and O–H groups in total. The molecule has 2 heterocycles. The van der Waals surface area contributed by atoms with E-state index in [0.29, 0.717) is 5.52 Å². The third kappa shape index (κ3) is 2.33. The molecule has 0 aliphatic carbocycles. The maximum absolute atomic E-state index is 12.4. The quantitative estimate of drug-likeness (QED) is 0.500. The average Bonchev–Trinajstić information content (AvgIpc) is 2.88. The molecule has 0 saturated carbocycles. The molecule has 1 unspecified atom stereocenters. The second-order valence-electron chi connectivity index (χ2n) is 5.33. The molecule has 5 nitrogen and oxygen atoms in total. The maximum atomic E-state index is 12.4. The van der Waals surface area contributed by atoms with Crippen LogP contribution in [0.3, 0.4) is 0 Å². The van der Waals surface area contributed by atoms with Gasteiger partial charge < -0.3 is 19.5 Å². The fraction of sp³-hybridized carbons (Fsp3) is 0.267. The first-order valence-electron chi connectivity index (χ1n) is 6.51. The van der Waals surface area contributed by atoms with Gasteiger partial charge in [-0.05, 0) is 23.0 Å². The minimum absolute atomic E-state index is 0. The first kappa shape index (κ1) is 15.6. The Bertz CT molecular complexity index is 857. The van der Waals surface area contributed by atoms with Gasteiger partial charge in [0.25, 0.3) is 0 Å². The molecule has 0 aliphatic rings. The summed E-state index contributed by atoms with van der Waals surface area (Å²) in [7, 11) is 0. The Morgan fingerprint density at radius 1 is 1.33 bits per heavy atom. The van der Waals surface area contributed by atoms with Crippen molar-refractivity contribution >= 4 is 27.8 Å². The summed E-state index contributed by atoms with van der Waals surface area (Å²) in [5, 5.41) is 11.0. The number of aromatic amines is 1. The van der Waals surface area contributed by atoms with Crippen molar-refractivity contribution in [2.45, 2.75) is 19.9 Å². The van der Waals surface area contributed by atoms with Crippen LogP contribution in [0.2, 0.25) is 0 Å². The van der Waals surface area contributed by atoms with E-state index in [9.17, 15) is 14.7 Å². The van der Waals surface area contributed by atoms with Crippen molar-refractivity contribution in [3.63, 3.8) is 0 Å². The zero-order chi connectivity index (χ0) is 14.4. The molecule has 1 atom stereocenters. The minimum atomic E-state index is -0.987. The van der Waals surface area contributed by atoms with Crippen LogP contribution in [0.1, 0.15) is 19.9 Å². The van der Waals surface area contributed by atoms with Gasteiger partial charge in [-0.25, -0.2) is 0 Å². The third-order valence-electron chi connectivity index (χ3n) is 3.65. The number of para-hydroxylation sites is 1. The van der Waals surface area contributed by atoms with Crippen molar-refractivity contribution in [2.75, 3.05) is 0 Å². The Hall–Kier alpha value is -1.83. The summed E-state index contributed by atoms with van der Waals surface area (Å²) >= 11 is 0. The van der Waals surface area contributed by atoms with Crippen LogP contribution in [-0.2, 0) is 4.79 Å². The first-order chi connectivity index (χ1) is 9.50. The van der Waals surface area contributed by atoms with Gasteiger partial charge in [-0.3, -0.25) is 4.79 Å². The number of nitrogens with zero attached hydrogens (tertiary/aromatic N) is 1. The number of fused-ring (bicyclic) bond motifs is 3. The Labute approximate surface area is 133 Å². The Balaban J connectivity index is 0.00000161. The normalized spacial score (nSPS) is 12.7. The summed E-state index contributed by atoms with van der Waals surface area (Å²) in [5.74, 6) is -1.15. The number of hydrogen-bond donors (Lipinski definition) is 2. The smallest absolute Gasteiger partial charge is 0.480 e. The van der Waals surface area contributed by atoms with Gasteiger partial charge in [0.05, 0.1) is 0 Å². The standard InChI is InChI=1S/C15H15N2O3.Li/c1-8(2)13(15(19)20)17-7-10-9-5-3-4-6-11(9)16-12(10)14(17)18;/h3-8,13,16H,1-2H3,(H,19,20);/q-1;+1. The Morgan fingerprint density at radius 3 is 2.62 bits per heavy atom. The van der Waals surface area contributed by atoms with E-state index in [4.69, 9.17) is 0 Å². The predicted octanol–water partition coefficient (Wildman–Crippen LogP) is -0.513. The summed E-state index contributed by atoms with van der Waals surface area (Å²) in [6.45, 7) is 3.59. The van der Waals surface area contributed by atoms with Gasteiger partial charge in [-0.15, -0.1) is 5.39 Å². The van der Waals surface area contributed by atoms with Crippen molar-refractivity contribution in [1.82, 2.24) is 9.55 Å². The van der Waals surface area contributed by atoms with Gasteiger partial charge in [0.1, 0.15) is 6.04 Å². The zero-order valence-corrected chi connectivity index (χ0v) is 12.3. The van der Waals surface area contributed by atoms with Crippen molar-refractivity contribution in [3.8, 4) is 0 Å². The van der Waals surface area contributed by atoms with E-state index in [1.807, 2.05) is 24.3 Å². The van der Waals surface area contributed by atoms with Crippen molar-refractivity contribution in [2.24, 2.45) is 5.92 Å². The predicted molar refractivity (Wildman–Crippen MR) is 77.2 cm³/mol. The number of nitrogens with one attached hydrogen (secondary N) is 1. The topological polar surface area (TPSA) is 75.1 Å². The zero-order valence-electron chi connectivity index (χ0n) is 12.3. The van der Waals surface area contributed by atoms with E-state index in [0.717, 1.165) is 16.3 Å². The molecule has 2 aromatic heterocycles. The van der Waals surface area contributed by atoms with E-state index in [2.05, 4.69) is 4.98 Å². The molecule has 3 rings (SSSR count). The Morgan fingerprint density at radius 2 is 2.00 bits per heavy atom. The second-order valence-corrected chi connectivity index (χ2v) is 5.33. The van der Waals surface area contributed by atoms with Crippen LogP contribution in [0.4, 0.5) is 0 Å². The molecule has 0 spiro atoms. The van der Waals surface area contributed by atoms with Crippen molar-refractivity contribution < 1.29 is 28.8 Å². The average molecular weight is 278 g/mol. The van der Waals surface area contributed by atoms with Crippen LogP contribution in [0.15, 0.2) is 35.3 Å². The number of rotatable bonds is 3. The van der Waals surface area contributed by atoms with Crippen LogP contribution in [0.5, 0.6) is 0 Å². The molecule has 0 saturated heterocycles. The molecule has 1 aromatic carbocycles. The fourth-order valence-electron chi connectivity index (χ4n) is 2.73. The van der Waals surface area contributed by atoms with Gasteiger partial charge in [-0.2, -0.15) is 0 Å². The number of carbonyl (C=O) groups is 1. The summed E-state index contributed by atoms with van der Waals surface area (Å²) in [6.07, 6.45) is 1.65. The first-order valence-corrected chi connectivity index (χ1v) is 6.51. The van der Waals surface area contributed by atoms with Crippen LogP contribution in [0.25, 0.3) is 21.8 Å². The summed E-state index contributed by atoms with van der Waals surface area (Å²) in [6, 6.07) is 6.76. The van der Waals surface area contributed by atoms with Crippen LogP contribution < -0.4 is 24.4 Å². The van der Waals surface area contributed by atoms with E-state index in [1.165, 1.54) is 4.57 Å². The van der Waals surface area contributed by atoms with Crippen molar-refractivity contribution in [1.29, 1.82) is 0 Å². The third-order valence-corrected chi connectivity index (χ3v) is 3.65. The number of carboxylic acid groups (broad SMARTS) is 1. The van der Waals surface area contributed by atoms with Crippen LogP contribution in [-0.4, -0.2) is 20.6 Å². The number of aliphatic carboxylic acids is 1. The molecule has 0 fully saturated rings. The van der Waals surface area contributed by atoms with Gasteiger partial charge in [-0.1, -0.05) is 43.6 Å². The largest absolute Gasteiger partial charge is 1.00 e. The number of aromatic nitrogens is 2. The molecular weight excluding hydrogens is 263 g/mol. The molecule has 6 heteroatoms. The number of H-pyrrole nitrogens is 1. The SMILES string of the molecule is CC(C)C(C(=O)O)n1[cH-]c2c([nH]c3ccccc32)c1=O.[Li+]. The number of carboxylic acids is 1. The summed E-state index contributed by atoms with van der Waals surface area (Å²) in [5.41, 5.74) is 1.08. The van der Waals surface area contributed by atoms with E-state index in [1.54, 1.807) is 20.0 Å². The monoisotopic (exact) mass is 278 g/mol. The molecule has 0 radical (unpaired) electrons. The number of benzene rings is 1. The van der Waals surface area contributed by atoms with E-state index < -0.39 is 12.0 Å². The van der Waals surface area contributed by atoms with Gasteiger partial charge in [0.15, 0.2) is 5.56 Å². The molecule has 104 valence electrons. The van der Waals surface area contributed by atoms with E-state index in [-0.39, 0.29) is 30.3 Å². The van der Waals surface area contributed by atoms with Crippen molar-refractivity contribution in [3.05, 3.63) is 40.8 Å². The number of hydrogen-bond acceptors (Lipinski definition) is 2. The summed E-state index contributed by atoms with van der Waals surface area (Å²) < 4.78 is 1.32. The molecule has 0 amide bonds. The van der Waals surface area contributed by atoms with Gasteiger partial charge >= 0.3 is 24.8 Å². The Kier molecular flexibility index (Phi) is 4.08. The molecule has 0 bridgehead atoms. The second kappa shape index (κ2) is 5.51. The van der Waals surface area contributed by atoms with Gasteiger partial charge in [0, 0.05) is 0 Å². The molecule has 21 heavy (non-hydrogen) atoms. The van der Waals surface area contributed by atoms with E-state index >= 15 is 0 Å². The maximum Gasteiger partial charge on any atom is 1.00 e. The molecule has 3 aromatic rings. The fourth-order valence-corrected chi connectivity index (χ4v) is 2.73.